The van der Waals surface area contributed by atoms with E-state index in [0.717, 1.165) is 36.0 Å². The van der Waals surface area contributed by atoms with Crippen molar-refractivity contribution in [2.45, 2.75) is 51.0 Å². The maximum absolute atomic E-state index is 6.12. The van der Waals surface area contributed by atoms with E-state index in [1.54, 1.807) is 0 Å². The first kappa shape index (κ1) is 10.7. The fourth-order valence-corrected chi connectivity index (χ4v) is 5.01. The first-order chi connectivity index (χ1) is 7.76. The molecular formula is C15H23N. The molecule has 0 aliphatic heterocycles. The fourth-order valence-electron chi connectivity index (χ4n) is 5.01. The van der Waals surface area contributed by atoms with E-state index in [1.165, 1.54) is 38.5 Å². The SMILES string of the molecule is C#CCC(N)CC1C2CC3CC(C2)CC1C3. The van der Waals surface area contributed by atoms with Crippen LogP contribution in [0, 0.1) is 41.9 Å². The van der Waals surface area contributed by atoms with E-state index in [0.29, 0.717) is 0 Å². The third-order valence-electron chi connectivity index (χ3n) is 5.38. The van der Waals surface area contributed by atoms with Gasteiger partial charge in [0, 0.05) is 12.5 Å². The molecule has 0 aromatic heterocycles. The summed E-state index contributed by atoms with van der Waals surface area (Å²) in [6.07, 6.45) is 14.8. The average Bonchev–Trinajstić information content (AvgIpc) is 2.23. The molecule has 4 saturated carbocycles. The van der Waals surface area contributed by atoms with Gasteiger partial charge in [-0.2, -0.15) is 0 Å². The van der Waals surface area contributed by atoms with Gasteiger partial charge in [-0.1, -0.05) is 0 Å². The maximum atomic E-state index is 6.12. The first-order valence-corrected chi connectivity index (χ1v) is 6.95. The molecule has 0 saturated heterocycles. The molecule has 4 aliphatic carbocycles. The van der Waals surface area contributed by atoms with E-state index in [4.69, 9.17) is 12.2 Å². The maximum Gasteiger partial charge on any atom is 0.0238 e. The Hall–Kier alpha value is -0.480. The Morgan fingerprint density at radius 3 is 2.12 bits per heavy atom. The van der Waals surface area contributed by atoms with Crippen molar-refractivity contribution in [2.75, 3.05) is 0 Å². The van der Waals surface area contributed by atoms with Crippen LogP contribution in [0.2, 0.25) is 0 Å². The van der Waals surface area contributed by atoms with E-state index in [9.17, 15) is 0 Å². The molecule has 0 spiro atoms. The zero-order valence-electron chi connectivity index (χ0n) is 10.1. The van der Waals surface area contributed by atoms with Gasteiger partial charge in [0.15, 0.2) is 0 Å². The third kappa shape index (κ3) is 1.78. The molecule has 0 aromatic carbocycles. The quantitative estimate of drug-likeness (QED) is 0.723. The number of nitrogens with two attached hydrogens (primary N) is 1. The molecule has 16 heavy (non-hydrogen) atoms. The molecule has 4 fully saturated rings. The second-order valence-corrected chi connectivity index (χ2v) is 6.50. The smallest absolute Gasteiger partial charge is 0.0238 e. The highest BCUT2D eigenvalue weighted by atomic mass is 14.6. The molecular weight excluding hydrogens is 194 g/mol. The molecule has 4 bridgehead atoms. The van der Waals surface area contributed by atoms with Gasteiger partial charge in [-0.15, -0.1) is 12.3 Å². The van der Waals surface area contributed by atoms with Crippen LogP contribution >= 0.6 is 0 Å². The van der Waals surface area contributed by atoms with Gasteiger partial charge in [-0.05, 0) is 68.1 Å². The van der Waals surface area contributed by atoms with Gasteiger partial charge in [-0.3, -0.25) is 0 Å². The first-order valence-electron chi connectivity index (χ1n) is 6.95. The summed E-state index contributed by atoms with van der Waals surface area (Å²) in [7, 11) is 0. The van der Waals surface area contributed by atoms with E-state index in [1.807, 2.05) is 0 Å². The summed E-state index contributed by atoms with van der Waals surface area (Å²) in [6.45, 7) is 0. The van der Waals surface area contributed by atoms with Crippen molar-refractivity contribution in [3.05, 3.63) is 0 Å². The molecule has 2 N–H and O–H groups in total. The summed E-state index contributed by atoms with van der Waals surface area (Å²) in [5.41, 5.74) is 6.12. The summed E-state index contributed by atoms with van der Waals surface area (Å²) >= 11 is 0. The molecule has 1 unspecified atom stereocenters. The van der Waals surface area contributed by atoms with Crippen LogP contribution in [0.3, 0.4) is 0 Å². The molecule has 4 aliphatic rings. The van der Waals surface area contributed by atoms with Crippen LogP contribution in [0.4, 0.5) is 0 Å². The highest BCUT2D eigenvalue weighted by molar-refractivity contribution is 5.00. The van der Waals surface area contributed by atoms with Gasteiger partial charge in [0.05, 0.1) is 0 Å². The van der Waals surface area contributed by atoms with Crippen molar-refractivity contribution in [3.63, 3.8) is 0 Å². The zero-order chi connectivity index (χ0) is 11.1. The largest absolute Gasteiger partial charge is 0.327 e. The summed E-state index contributed by atoms with van der Waals surface area (Å²) in [5.74, 6) is 7.77. The van der Waals surface area contributed by atoms with E-state index >= 15 is 0 Å². The monoisotopic (exact) mass is 217 g/mol. The van der Waals surface area contributed by atoms with Gasteiger partial charge in [-0.25, -0.2) is 0 Å². The lowest BCUT2D eigenvalue weighted by Crippen LogP contribution is -2.46. The Bertz CT molecular complexity index is 273. The topological polar surface area (TPSA) is 26.0 Å². The van der Waals surface area contributed by atoms with Crippen LogP contribution in [0.5, 0.6) is 0 Å². The van der Waals surface area contributed by atoms with Gasteiger partial charge in [0.2, 0.25) is 0 Å². The van der Waals surface area contributed by atoms with E-state index in [-0.39, 0.29) is 6.04 Å². The molecule has 4 rings (SSSR count). The van der Waals surface area contributed by atoms with Crippen LogP contribution < -0.4 is 5.73 Å². The molecule has 0 heterocycles. The highest BCUT2D eigenvalue weighted by Gasteiger charge is 2.47. The standard InChI is InChI=1S/C15H23N/c1-2-3-14(16)9-15-12-5-10-4-11(7-12)8-13(15)6-10/h1,10-15H,3-9,16H2. The molecule has 0 radical (unpaired) electrons. The van der Waals surface area contributed by atoms with Crippen LogP contribution in [0.1, 0.15) is 44.9 Å². The normalized spacial score (nSPS) is 46.6. The van der Waals surface area contributed by atoms with Crippen LogP contribution in [-0.4, -0.2) is 6.04 Å². The second-order valence-electron chi connectivity index (χ2n) is 6.50. The Balaban J connectivity index is 1.66. The number of terminal acetylenes is 1. The van der Waals surface area contributed by atoms with Crippen molar-refractivity contribution in [1.29, 1.82) is 0 Å². The molecule has 1 heteroatoms. The summed E-state index contributed by atoms with van der Waals surface area (Å²) < 4.78 is 0. The Morgan fingerprint density at radius 2 is 1.62 bits per heavy atom. The summed E-state index contributed by atoms with van der Waals surface area (Å²) in [5, 5.41) is 0. The predicted octanol–water partition coefficient (Wildman–Crippen LogP) is 2.80. The lowest BCUT2D eigenvalue weighted by molar-refractivity contribution is -0.0417. The van der Waals surface area contributed by atoms with E-state index < -0.39 is 0 Å². The van der Waals surface area contributed by atoms with Gasteiger partial charge in [0.1, 0.15) is 0 Å². The number of hydrogen-bond donors (Lipinski definition) is 1. The van der Waals surface area contributed by atoms with Crippen LogP contribution in [0.25, 0.3) is 0 Å². The fraction of sp³-hybridized carbons (Fsp3) is 0.867. The van der Waals surface area contributed by atoms with Crippen molar-refractivity contribution >= 4 is 0 Å². The van der Waals surface area contributed by atoms with Crippen molar-refractivity contribution in [1.82, 2.24) is 0 Å². The predicted molar refractivity (Wildman–Crippen MR) is 66.6 cm³/mol. The third-order valence-corrected chi connectivity index (χ3v) is 5.38. The second kappa shape index (κ2) is 4.08. The summed E-state index contributed by atoms with van der Waals surface area (Å²) in [4.78, 5) is 0. The molecule has 1 nitrogen and oxygen atoms in total. The minimum Gasteiger partial charge on any atom is -0.327 e. The van der Waals surface area contributed by atoms with Gasteiger partial charge >= 0.3 is 0 Å². The lowest BCUT2D eigenvalue weighted by atomic mass is 9.51. The van der Waals surface area contributed by atoms with Crippen molar-refractivity contribution < 1.29 is 0 Å². The molecule has 0 aromatic rings. The minimum atomic E-state index is 0.257. The van der Waals surface area contributed by atoms with Crippen LogP contribution in [0.15, 0.2) is 0 Å². The highest BCUT2D eigenvalue weighted by Crippen LogP contribution is 2.57. The molecule has 0 amide bonds. The molecule has 88 valence electrons. The summed E-state index contributed by atoms with van der Waals surface area (Å²) in [6, 6.07) is 0.257. The van der Waals surface area contributed by atoms with Gasteiger partial charge < -0.3 is 5.73 Å². The van der Waals surface area contributed by atoms with E-state index in [2.05, 4.69) is 5.92 Å². The Kier molecular flexibility index (Phi) is 2.72. The Morgan fingerprint density at radius 1 is 1.06 bits per heavy atom. The van der Waals surface area contributed by atoms with Crippen molar-refractivity contribution in [3.8, 4) is 12.3 Å². The lowest BCUT2D eigenvalue weighted by Gasteiger charge is -2.55. The zero-order valence-corrected chi connectivity index (χ0v) is 10.1. The van der Waals surface area contributed by atoms with Crippen LogP contribution in [-0.2, 0) is 0 Å². The Labute approximate surface area is 99.2 Å². The molecule has 1 atom stereocenters. The minimum absolute atomic E-state index is 0.257. The number of rotatable bonds is 3. The van der Waals surface area contributed by atoms with Gasteiger partial charge in [0.25, 0.3) is 0 Å². The number of hydrogen-bond acceptors (Lipinski definition) is 1. The van der Waals surface area contributed by atoms with Crippen molar-refractivity contribution in [2.24, 2.45) is 35.3 Å². The average molecular weight is 217 g/mol.